The van der Waals surface area contributed by atoms with E-state index in [1.165, 1.54) is 44.1 Å². The van der Waals surface area contributed by atoms with Crippen molar-refractivity contribution in [2.75, 3.05) is 0 Å². The highest BCUT2D eigenvalue weighted by atomic mass is 16.5. The van der Waals surface area contributed by atoms with E-state index >= 15 is 0 Å². The summed E-state index contributed by atoms with van der Waals surface area (Å²) in [7, 11) is 0. The van der Waals surface area contributed by atoms with Crippen LogP contribution in [0.5, 0.6) is 0 Å². The summed E-state index contributed by atoms with van der Waals surface area (Å²) in [6.07, 6.45) is 8.23. The summed E-state index contributed by atoms with van der Waals surface area (Å²) in [5, 5.41) is 0. The molecule has 0 amide bonds. The summed E-state index contributed by atoms with van der Waals surface area (Å²) < 4.78 is 5.79. The first-order valence-electron chi connectivity index (χ1n) is 7.93. The molecule has 1 aromatic carbocycles. The van der Waals surface area contributed by atoms with Crippen LogP contribution in [0.25, 0.3) is 0 Å². The number of hydrogen-bond donors (Lipinski definition) is 0. The first-order valence-corrected chi connectivity index (χ1v) is 7.93. The molecule has 110 valence electrons. The summed E-state index contributed by atoms with van der Waals surface area (Å²) in [6, 6.07) is 10.4. The Hall–Kier alpha value is -0.820. The van der Waals surface area contributed by atoms with Gasteiger partial charge in [-0.15, -0.1) is 0 Å². The van der Waals surface area contributed by atoms with Gasteiger partial charge in [-0.2, -0.15) is 0 Å². The second-order valence-corrected chi connectivity index (χ2v) is 5.12. The van der Waals surface area contributed by atoms with E-state index in [1.54, 1.807) is 0 Å². The fraction of sp³-hybridized carbons (Fsp3) is 0.667. The van der Waals surface area contributed by atoms with Crippen molar-refractivity contribution in [1.29, 1.82) is 0 Å². The van der Waals surface area contributed by atoms with Crippen molar-refractivity contribution in [3.63, 3.8) is 0 Å². The van der Waals surface area contributed by atoms with Crippen molar-refractivity contribution in [2.24, 2.45) is 0 Å². The van der Waals surface area contributed by atoms with E-state index in [-0.39, 0.29) is 0 Å². The summed E-state index contributed by atoms with van der Waals surface area (Å²) in [5.74, 6) is 0. The lowest BCUT2D eigenvalue weighted by Crippen LogP contribution is -2.06. The molecule has 0 spiro atoms. The molecule has 0 heterocycles. The SMILES string of the molecule is CCC.CCC.c1ccc(COC2CCCC2)cc1. The molecule has 0 bridgehead atoms. The topological polar surface area (TPSA) is 9.23 Å². The monoisotopic (exact) mass is 264 g/mol. The van der Waals surface area contributed by atoms with Crippen molar-refractivity contribution >= 4 is 0 Å². The molecule has 0 aromatic heterocycles. The zero-order valence-corrected chi connectivity index (χ0v) is 13.3. The van der Waals surface area contributed by atoms with Gasteiger partial charge in [0.25, 0.3) is 0 Å². The molecule has 1 fully saturated rings. The Labute approximate surface area is 120 Å². The molecule has 1 heteroatoms. The second kappa shape index (κ2) is 13.6. The van der Waals surface area contributed by atoms with Crippen molar-refractivity contribution in [3.05, 3.63) is 35.9 Å². The zero-order chi connectivity index (χ0) is 14.3. The van der Waals surface area contributed by atoms with Crippen LogP contribution in [0.2, 0.25) is 0 Å². The van der Waals surface area contributed by atoms with Gasteiger partial charge in [0.2, 0.25) is 0 Å². The predicted molar refractivity (Wildman–Crippen MR) is 85.4 cm³/mol. The predicted octanol–water partition coefficient (Wildman–Crippen LogP) is 5.98. The molecule has 2 rings (SSSR count). The third-order valence-corrected chi connectivity index (χ3v) is 2.63. The van der Waals surface area contributed by atoms with Crippen LogP contribution in [-0.4, -0.2) is 6.10 Å². The quantitative estimate of drug-likeness (QED) is 0.652. The lowest BCUT2D eigenvalue weighted by atomic mass is 10.2. The minimum atomic E-state index is 0.528. The average molecular weight is 264 g/mol. The molecule has 19 heavy (non-hydrogen) atoms. The number of benzene rings is 1. The lowest BCUT2D eigenvalue weighted by molar-refractivity contribution is 0.0457. The van der Waals surface area contributed by atoms with Crippen molar-refractivity contribution in [1.82, 2.24) is 0 Å². The van der Waals surface area contributed by atoms with E-state index in [0.29, 0.717) is 6.10 Å². The van der Waals surface area contributed by atoms with Gasteiger partial charge in [0.05, 0.1) is 12.7 Å². The van der Waals surface area contributed by atoms with Gasteiger partial charge in [-0.1, -0.05) is 83.7 Å². The van der Waals surface area contributed by atoms with Crippen LogP contribution in [0.1, 0.15) is 71.8 Å². The van der Waals surface area contributed by atoms with Crippen LogP contribution >= 0.6 is 0 Å². The molecular formula is C18H32O. The summed E-state index contributed by atoms with van der Waals surface area (Å²) in [5.41, 5.74) is 1.29. The Bertz CT molecular complexity index is 260. The van der Waals surface area contributed by atoms with Gasteiger partial charge in [0.1, 0.15) is 0 Å². The van der Waals surface area contributed by atoms with E-state index in [0.717, 1.165) is 6.61 Å². The number of hydrogen-bond acceptors (Lipinski definition) is 1. The summed E-state index contributed by atoms with van der Waals surface area (Å²) >= 11 is 0. The van der Waals surface area contributed by atoms with Crippen molar-refractivity contribution in [2.45, 2.75) is 78.9 Å². The molecule has 1 saturated carbocycles. The minimum Gasteiger partial charge on any atom is -0.374 e. The molecule has 0 atom stereocenters. The van der Waals surface area contributed by atoms with E-state index in [1.807, 2.05) is 6.07 Å². The molecule has 1 aliphatic rings. The van der Waals surface area contributed by atoms with Gasteiger partial charge in [-0.05, 0) is 18.4 Å². The van der Waals surface area contributed by atoms with Gasteiger partial charge in [-0.25, -0.2) is 0 Å². The first-order chi connectivity index (χ1) is 9.28. The normalized spacial score (nSPS) is 14.1. The molecule has 1 aliphatic carbocycles. The molecule has 0 aliphatic heterocycles. The van der Waals surface area contributed by atoms with Crippen LogP contribution in [-0.2, 0) is 11.3 Å². The highest BCUT2D eigenvalue weighted by Gasteiger charge is 2.14. The Morgan fingerprint density at radius 3 is 1.84 bits per heavy atom. The Balaban J connectivity index is 0.000000465. The van der Waals surface area contributed by atoms with E-state index in [2.05, 4.69) is 52.0 Å². The maximum atomic E-state index is 5.79. The average Bonchev–Trinajstić information content (AvgIpc) is 2.93. The molecule has 0 N–H and O–H groups in total. The van der Waals surface area contributed by atoms with Gasteiger partial charge < -0.3 is 4.74 Å². The fourth-order valence-electron chi connectivity index (χ4n) is 1.84. The molecule has 0 radical (unpaired) electrons. The third-order valence-electron chi connectivity index (χ3n) is 2.63. The Morgan fingerprint density at radius 2 is 1.37 bits per heavy atom. The molecule has 0 saturated heterocycles. The van der Waals surface area contributed by atoms with Crippen LogP contribution in [0.4, 0.5) is 0 Å². The highest BCUT2D eigenvalue weighted by molar-refractivity contribution is 5.13. The Kier molecular flexibility index (Phi) is 13.0. The third kappa shape index (κ3) is 10.8. The van der Waals surface area contributed by atoms with Crippen molar-refractivity contribution < 1.29 is 4.74 Å². The van der Waals surface area contributed by atoms with Gasteiger partial charge in [0.15, 0.2) is 0 Å². The maximum absolute atomic E-state index is 5.79. The summed E-state index contributed by atoms with van der Waals surface area (Å²) in [6.45, 7) is 9.28. The number of rotatable bonds is 3. The smallest absolute Gasteiger partial charge is 0.0720 e. The number of ether oxygens (including phenoxy) is 1. The summed E-state index contributed by atoms with van der Waals surface area (Å²) in [4.78, 5) is 0. The second-order valence-electron chi connectivity index (χ2n) is 5.12. The highest BCUT2D eigenvalue weighted by Crippen LogP contribution is 2.21. The Morgan fingerprint density at radius 1 is 0.895 bits per heavy atom. The van der Waals surface area contributed by atoms with E-state index in [9.17, 15) is 0 Å². The van der Waals surface area contributed by atoms with Crippen LogP contribution < -0.4 is 0 Å². The van der Waals surface area contributed by atoms with Crippen LogP contribution in [0, 0.1) is 0 Å². The molecular weight excluding hydrogens is 232 g/mol. The lowest BCUT2D eigenvalue weighted by Gasteiger charge is -2.10. The van der Waals surface area contributed by atoms with Gasteiger partial charge >= 0.3 is 0 Å². The van der Waals surface area contributed by atoms with Crippen LogP contribution in [0.3, 0.4) is 0 Å². The van der Waals surface area contributed by atoms with Crippen LogP contribution in [0.15, 0.2) is 30.3 Å². The molecule has 1 nitrogen and oxygen atoms in total. The van der Waals surface area contributed by atoms with E-state index in [4.69, 9.17) is 4.74 Å². The molecule has 0 unspecified atom stereocenters. The van der Waals surface area contributed by atoms with Gasteiger partial charge in [0, 0.05) is 0 Å². The largest absolute Gasteiger partial charge is 0.374 e. The van der Waals surface area contributed by atoms with E-state index < -0.39 is 0 Å². The fourth-order valence-corrected chi connectivity index (χ4v) is 1.84. The van der Waals surface area contributed by atoms with Gasteiger partial charge in [-0.3, -0.25) is 0 Å². The maximum Gasteiger partial charge on any atom is 0.0720 e. The standard InChI is InChI=1S/C12H16O.2C3H8/c1-2-6-11(7-3-1)10-13-12-8-4-5-9-12;2*1-3-2/h1-3,6-7,12H,4-5,8-10H2;2*3H2,1-2H3. The first kappa shape index (κ1) is 18.2. The zero-order valence-electron chi connectivity index (χ0n) is 13.3. The van der Waals surface area contributed by atoms with Crippen molar-refractivity contribution in [3.8, 4) is 0 Å². The minimum absolute atomic E-state index is 0.528. The molecule has 1 aromatic rings.